The molecule has 0 saturated heterocycles. The van der Waals surface area contributed by atoms with Gasteiger partial charge >= 0.3 is 0 Å². The highest BCUT2D eigenvalue weighted by Crippen LogP contribution is 2.54. The van der Waals surface area contributed by atoms with Crippen LogP contribution >= 0.6 is 0 Å². The van der Waals surface area contributed by atoms with Crippen LogP contribution in [0.3, 0.4) is 0 Å². The van der Waals surface area contributed by atoms with Gasteiger partial charge in [0.15, 0.2) is 0 Å². The fourth-order valence-electron chi connectivity index (χ4n) is 4.85. The van der Waals surface area contributed by atoms with Gasteiger partial charge in [0.05, 0.1) is 5.41 Å². The second-order valence-corrected chi connectivity index (χ2v) is 7.47. The molecule has 0 bridgehead atoms. The van der Waals surface area contributed by atoms with E-state index in [0.717, 1.165) is 6.42 Å². The summed E-state index contributed by atoms with van der Waals surface area (Å²) in [5, 5.41) is 0. The molecule has 1 aliphatic carbocycles. The van der Waals surface area contributed by atoms with Crippen LogP contribution in [0, 0.1) is 6.92 Å². The molecule has 0 saturated carbocycles. The molecule has 0 amide bonds. The Morgan fingerprint density at radius 2 is 1.00 bits per heavy atom. The summed E-state index contributed by atoms with van der Waals surface area (Å²) < 4.78 is 0. The van der Waals surface area contributed by atoms with Crippen LogP contribution in [0.4, 0.5) is 0 Å². The predicted octanol–water partition coefficient (Wildman–Crippen LogP) is 6.55. The molecule has 27 heavy (non-hydrogen) atoms. The van der Waals surface area contributed by atoms with Gasteiger partial charge in [-0.2, -0.15) is 0 Å². The maximum absolute atomic E-state index is 2.32. The zero-order valence-corrected chi connectivity index (χ0v) is 15.5. The molecule has 4 aromatic rings. The van der Waals surface area contributed by atoms with Crippen LogP contribution in [0.25, 0.3) is 11.1 Å². The second-order valence-electron chi connectivity index (χ2n) is 7.47. The summed E-state index contributed by atoms with van der Waals surface area (Å²) in [5.74, 6) is 0. The molecule has 0 radical (unpaired) electrons. The Morgan fingerprint density at radius 3 is 1.59 bits per heavy atom. The summed E-state index contributed by atoms with van der Waals surface area (Å²) in [6.07, 6.45) is 0.965. The van der Waals surface area contributed by atoms with Gasteiger partial charge in [-0.1, -0.05) is 103 Å². The van der Waals surface area contributed by atoms with Crippen molar-refractivity contribution in [2.45, 2.75) is 18.8 Å². The highest BCUT2D eigenvalue weighted by molar-refractivity contribution is 5.84. The van der Waals surface area contributed by atoms with Crippen molar-refractivity contribution in [1.82, 2.24) is 0 Å². The van der Waals surface area contributed by atoms with Crippen molar-refractivity contribution in [2.24, 2.45) is 0 Å². The SMILES string of the molecule is Cc1ccccc1C1(Cc2ccccc2)c2ccccc2-c2ccccc21. The summed E-state index contributed by atoms with van der Waals surface area (Å²) in [7, 11) is 0. The highest BCUT2D eigenvalue weighted by atomic mass is 14.5. The number of hydrogen-bond donors (Lipinski definition) is 0. The van der Waals surface area contributed by atoms with E-state index in [-0.39, 0.29) is 5.41 Å². The molecule has 0 aliphatic heterocycles. The summed E-state index contributed by atoms with van der Waals surface area (Å²) in [6.45, 7) is 2.24. The second kappa shape index (κ2) is 6.25. The van der Waals surface area contributed by atoms with E-state index in [2.05, 4.69) is 110 Å². The van der Waals surface area contributed by atoms with Crippen molar-refractivity contribution in [1.29, 1.82) is 0 Å². The zero-order valence-electron chi connectivity index (χ0n) is 15.5. The van der Waals surface area contributed by atoms with Gasteiger partial charge in [-0.15, -0.1) is 0 Å². The topological polar surface area (TPSA) is 0 Å². The Bertz CT molecular complexity index is 1060. The normalized spacial score (nSPS) is 13.8. The van der Waals surface area contributed by atoms with Crippen molar-refractivity contribution in [3.63, 3.8) is 0 Å². The van der Waals surface area contributed by atoms with Crippen LogP contribution in [-0.4, -0.2) is 0 Å². The number of fused-ring (bicyclic) bond motifs is 3. The largest absolute Gasteiger partial charge is 0.0622 e. The standard InChI is InChI=1S/C27H22/c1-20-11-5-8-16-24(20)27(19-21-12-3-2-4-13-21)25-17-9-6-14-22(25)23-15-7-10-18-26(23)27/h2-18H,19H2,1H3. The first-order valence-electron chi connectivity index (χ1n) is 9.60. The van der Waals surface area contributed by atoms with Gasteiger partial charge in [-0.25, -0.2) is 0 Å². The van der Waals surface area contributed by atoms with Crippen molar-refractivity contribution in [3.05, 3.63) is 131 Å². The van der Waals surface area contributed by atoms with Gasteiger partial charge in [0.1, 0.15) is 0 Å². The Hall–Kier alpha value is -3.12. The lowest BCUT2D eigenvalue weighted by atomic mass is 9.67. The van der Waals surface area contributed by atoms with E-state index >= 15 is 0 Å². The summed E-state index contributed by atoms with van der Waals surface area (Å²) in [4.78, 5) is 0. The van der Waals surface area contributed by atoms with Crippen LogP contribution in [0.2, 0.25) is 0 Å². The molecule has 0 heterocycles. The number of hydrogen-bond acceptors (Lipinski definition) is 0. The van der Waals surface area contributed by atoms with E-state index in [0.29, 0.717) is 0 Å². The van der Waals surface area contributed by atoms with Crippen LogP contribution < -0.4 is 0 Å². The van der Waals surface area contributed by atoms with Crippen LogP contribution in [0.5, 0.6) is 0 Å². The van der Waals surface area contributed by atoms with E-state index in [1.165, 1.54) is 38.9 Å². The van der Waals surface area contributed by atoms with E-state index in [9.17, 15) is 0 Å². The van der Waals surface area contributed by atoms with Crippen LogP contribution in [0.1, 0.15) is 27.8 Å². The van der Waals surface area contributed by atoms with Crippen molar-refractivity contribution >= 4 is 0 Å². The lowest BCUT2D eigenvalue weighted by molar-refractivity contribution is 0.625. The lowest BCUT2D eigenvalue weighted by Gasteiger charge is -2.34. The average molecular weight is 346 g/mol. The summed E-state index contributed by atoms with van der Waals surface area (Å²) >= 11 is 0. The van der Waals surface area contributed by atoms with E-state index in [1.54, 1.807) is 0 Å². The van der Waals surface area contributed by atoms with Crippen molar-refractivity contribution in [2.75, 3.05) is 0 Å². The van der Waals surface area contributed by atoms with Gasteiger partial charge in [0, 0.05) is 0 Å². The Balaban J connectivity index is 1.88. The quantitative estimate of drug-likeness (QED) is 0.394. The van der Waals surface area contributed by atoms with Crippen LogP contribution in [-0.2, 0) is 11.8 Å². The number of benzene rings is 4. The third kappa shape index (κ3) is 2.37. The monoisotopic (exact) mass is 346 g/mol. The third-order valence-electron chi connectivity index (χ3n) is 5.98. The van der Waals surface area contributed by atoms with Crippen molar-refractivity contribution < 1.29 is 0 Å². The molecule has 0 heteroatoms. The first-order chi connectivity index (χ1) is 13.3. The van der Waals surface area contributed by atoms with Gasteiger partial charge in [-0.05, 0) is 52.3 Å². The number of rotatable bonds is 3. The average Bonchev–Trinajstić information content (AvgIpc) is 3.00. The summed E-state index contributed by atoms with van der Waals surface area (Å²) in [6, 6.07) is 37.7. The minimum atomic E-state index is -0.153. The molecular weight excluding hydrogens is 324 g/mol. The molecule has 0 spiro atoms. The number of aryl methyl sites for hydroxylation is 1. The molecule has 0 fully saturated rings. The highest BCUT2D eigenvalue weighted by Gasteiger charge is 2.44. The maximum Gasteiger partial charge on any atom is 0.0506 e. The van der Waals surface area contributed by atoms with E-state index in [4.69, 9.17) is 0 Å². The molecule has 5 rings (SSSR count). The lowest BCUT2D eigenvalue weighted by Crippen LogP contribution is -2.30. The molecule has 130 valence electrons. The molecule has 4 aromatic carbocycles. The molecule has 0 unspecified atom stereocenters. The Labute approximate surface area is 161 Å². The van der Waals surface area contributed by atoms with Crippen LogP contribution in [0.15, 0.2) is 103 Å². The fraction of sp³-hybridized carbons (Fsp3) is 0.111. The van der Waals surface area contributed by atoms with Crippen molar-refractivity contribution in [3.8, 4) is 11.1 Å². The predicted molar refractivity (Wildman–Crippen MR) is 113 cm³/mol. The van der Waals surface area contributed by atoms with Gasteiger partial charge in [0.2, 0.25) is 0 Å². The molecule has 0 aromatic heterocycles. The molecule has 0 N–H and O–H groups in total. The van der Waals surface area contributed by atoms with E-state index in [1.807, 2.05) is 0 Å². The molecular formula is C27H22. The van der Waals surface area contributed by atoms with Gasteiger partial charge in [0.25, 0.3) is 0 Å². The zero-order chi connectivity index (χ0) is 18.3. The van der Waals surface area contributed by atoms with Gasteiger partial charge in [-0.3, -0.25) is 0 Å². The maximum atomic E-state index is 2.32. The Morgan fingerprint density at radius 1 is 0.519 bits per heavy atom. The van der Waals surface area contributed by atoms with Gasteiger partial charge < -0.3 is 0 Å². The fourth-order valence-corrected chi connectivity index (χ4v) is 4.85. The minimum Gasteiger partial charge on any atom is -0.0622 e. The summed E-state index contributed by atoms with van der Waals surface area (Å²) in [5.41, 5.74) is 9.55. The van der Waals surface area contributed by atoms with E-state index < -0.39 is 0 Å². The Kier molecular flexibility index (Phi) is 3.72. The molecule has 0 atom stereocenters. The first kappa shape index (κ1) is 16.1. The third-order valence-corrected chi connectivity index (χ3v) is 5.98. The first-order valence-corrected chi connectivity index (χ1v) is 9.60. The molecule has 1 aliphatic rings. The minimum absolute atomic E-state index is 0.153. The molecule has 0 nitrogen and oxygen atoms in total. The smallest absolute Gasteiger partial charge is 0.0506 e.